The predicted octanol–water partition coefficient (Wildman–Crippen LogP) is 5.65. The zero-order chi connectivity index (χ0) is 19.2. The Kier molecular flexibility index (Phi) is 6.41. The fourth-order valence-corrected chi connectivity index (χ4v) is 4.99. The summed E-state index contributed by atoms with van der Waals surface area (Å²) in [5.41, 5.74) is 4.41. The largest absolute Gasteiger partial charge is 0.382 e. The fraction of sp³-hybridized carbons (Fsp3) is 0.520. The molecular weight excluding hydrogens is 344 g/mol. The number of ketones is 1. The number of hydrogen-bond acceptors (Lipinski definition) is 3. The summed E-state index contributed by atoms with van der Waals surface area (Å²) in [5, 5.41) is 3.71. The highest BCUT2D eigenvalue weighted by atomic mass is 16.1. The summed E-state index contributed by atoms with van der Waals surface area (Å²) >= 11 is 0. The van der Waals surface area contributed by atoms with Crippen LogP contribution in [0, 0.1) is 11.8 Å². The first-order valence-corrected chi connectivity index (χ1v) is 11.1. The number of Topliss-reactive ketones (excluding diaryl/α,β-unsaturated/α-hetero) is 1. The van der Waals surface area contributed by atoms with Gasteiger partial charge in [-0.05, 0) is 43.7 Å². The third-order valence-electron chi connectivity index (χ3n) is 6.55. The molecule has 1 heterocycles. The van der Waals surface area contributed by atoms with Crippen LogP contribution in [-0.2, 0) is 11.3 Å². The van der Waals surface area contributed by atoms with Gasteiger partial charge in [-0.3, -0.25) is 9.78 Å². The quantitative estimate of drug-likeness (QED) is 0.697. The van der Waals surface area contributed by atoms with E-state index in [0.717, 1.165) is 36.2 Å². The Labute approximate surface area is 169 Å². The van der Waals surface area contributed by atoms with Gasteiger partial charge >= 0.3 is 0 Å². The van der Waals surface area contributed by atoms with Crippen LogP contribution in [0.2, 0.25) is 0 Å². The number of hydrogen-bond donors (Lipinski definition) is 1. The van der Waals surface area contributed by atoms with Crippen LogP contribution >= 0.6 is 0 Å². The van der Waals surface area contributed by atoms with Crippen molar-refractivity contribution in [3.63, 3.8) is 0 Å². The first-order chi connectivity index (χ1) is 13.8. The van der Waals surface area contributed by atoms with E-state index in [1.807, 2.05) is 18.3 Å². The van der Waals surface area contributed by atoms with E-state index in [1.165, 1.54) is 57.1 Å². The van der Waals surface area contributed by atoms with E-state index in [2.05, 4.69) is 34.6 Å². The molecule has 0 aliphatic heterocycles. The van der Waals surface area contributed by atoms with Crippen LogP contribution in [0.3, 0.4) is 0 Å². The van der Waals surface area contributed by atoms with Crippen LogP contribution in [0.25, 0.3) is 0 Å². The van der Waals surface area contributed by atoms with Crippen LogP contribution in [0.5, 0.6) is 0 Å². The molecule has 28 heavy (non-hydrogen) atoms. The molecule has 0 radical (unpaired) electrons. The van der Waals surface area contributed by atoms with Crippen molar-refractivity contribution in [2.75, 3.05) is 0 Å². The van der Waals surface area contributed by atoms with E-state index in [0.29, 0.717) is 11.7 Å². The molecule has 3 aliphatic rings. The second-order valence-corrected chi connectivity index (χ2v) is 8.48. The molecule has 1 N–H and O–H groups in total. The van der Waals surface area contributed by atoms with E-state index in [-0.39, 0.29) is 5.92 Å². The van der Waals surface area contributed by atoms with Crippen LogP contribution in [0.4, 0.5) is 0 Å². The molecule has 0 spiro atoms. The Balaban J connectivity index is 1.58. The van der Waals surface area contributed by atoms with Gasteiger partial charge in [0.2, 0.25) is 0 Å². The van der Waals surface area contributed by atoms with Crippen molar-refractivity contribution < 1.29 is 4.79 Å². The van der Waals surface area contributed by atoms with Crippen molar-refractivity contribution in [1.29, 1.82) is 0 Å². The SMILES string of the molecule is O=C(C1=CC=CC1=C(NCc1ccccn1)C1CCCCC1)C1CCCCC1. The number of nitrogens with zero attached hydrogens (tertiary/aromatic N) is 1. The van der Waals surface area contributed by atoms with E-state index < -0.39 is 0 Å². The van der Waals surface area contributed by atoms with Crippen molar-refractivity contribution in [2.24, 2.45) is 11.8 Å². The van der Waals surface area contributed by atoms with Gasteiger partial charge in [-0.15, -0.1) is 0 Å². The van der Waals surface area contributed by atoms with E-state index >= 15 is 0 Å². The summed E-state index contributed by atoms with van der Waals surface area (Å²) in [6.07, 6.45) is 20.2. The molecule has 1 aromatic rings. The summed E-state index contributed by atoms with van der Waals surface area (Å²) in [6.45, 7) is 0.717. The Morgan fingerprint density at radius 3 is 2.36 bits per heavy atom. The Morgan fingerprint density at radius 2 is 1.68 bits per heavy atom. The molecule has 0 bridgehead atoms. The second-order valence-electron chi connectivity index (χ2n) is 8.48. The average Bonchev–Trinajstić information content (AvgIpc) is 3.25. The summed E-state index contributed by atoms with van der Waals surface area (Å²) < 4.78 is 0. The molecule has 4 rings (SSSR count). The smallest absolute Gasteiger partial charge is 0.166 e. The Hall–Kier alpha value is -2.16. The van der Waals surface area contributed by atoms with Gasteiger partial charge in [0, 0.05) is 29.0 Å². The van der Waals surface area contributed by atoms with Crippen LogP contribution in [0.1, 0.15) is 69.9 Å². The second kappa shape index (κ2) is 9.36. The number of rotatable bonds is 6. The zero-order valence-electron chi connectivity index (χ0n) is 16.8. The molecule has 0 amide bonds. The minimum absolute atomic E-state index is 0.221. The predicted molar refractivity (Wildman–Crippen MR) is 113 cm³/mol. The van der Waals surface area contributed by atoms with Crippen LogP contribution < -0.4 is 5.32 Å². The Morgan fingerprint density at radius 1 is 0.964 bits per heavy atom. The van der Waals surface area contributed by atoms with Gasteiger partial charge in [-0.25, -0.2) is 0 Å². The molecule has 2 saturated carbocycles. The molecule has 0 saturated heterocycles. The molecule has 1 aromatic heterocycles. The third-order valence-corrected chi connectivity index (χ3v) is 6.55. The molecule has 3 nitrogen and oxygen atoms in total. The van der Waals surface area contributed by atoms with Gasteiger partial charge < -0.3 is 5.32 Å². The van der Waals surface area contributed by atoms with Crippen LogP contribution in [-0.4, -0.2) is 10.8 Å². The minimum Gasteiger partial charge on any atom is -0.382 e. The molecule has 148 valence electrons. The maximum atomic E-state index is 13.3. The maximum absolute atomic E-state index is 13.3. The van der Waals surface area contributed by atoms with E-state index in [9.17, 15) is 4.79 Å². The van der Waals surface area contributed by atoms with Crippen molar-refractivity contribution in [3.05, 3.63) is 65.2 Å². The molecular formula is C25H32N2O. The number of pyridine rings is 1. The standard InChI is InChI=1S/C25H32N2O/c28-25(20-12-5-2-6-13-20)23-16-9-15-22(23)24(19-10-3-1-4-11-19)27-18-21-14-7-8-17-26-21/h7-9,14-17,19-20,27H,1-6,10-13,18H2. The van der Waals surface area contributed by atoms with E-state index in [1.54, 1.807) is 0 Å². The van der Waals surface area contributed by atoms with Gasteiger partial charge in [0.1, 0.15) is 0 Å². The summed E-state index contributed by atoms with van der Waals surface area (Å²) in [7, 11) is 0. The number of allylic oxidation sites excluding steroid dienone is 6. The average molecular weight is 377 g/mol. The normalized spacial score (nSPS) is 22.8. The van der Waals surface area contributed by atoms with Gasteiger partial charge in [0.05, 0.1) is 12.2 Å². The Bertz CT molecular complexity index is 763. The van der Waals surface area contributed by atoms with Gasteiger partial charge in [-0.1, -0.05) is 62.8 Å². The number of aromatic nitrogens is 1. The molecule has 2 fully saturated rings. The molecule has 3 aliphatic carbocycles. The first-order valence-electron chi connectivity index (χ1n) is 11.1. The number of nitrogens with one attached hydrogen (secondary N) is 1. The van der Waals surface area contributed by atoms with Crippen molar-refractivity contribution >= 4 is 5.78 Å². The van der Waals surface area contributed by atoms with Crippen LogP contribution in [0.15, 0.2) is 59.5 Å². The zero-order valence-corrected chi connectivity index (χ0v) is 16.8. The summed E-state index contributed by atoms with van der Waals surface area (Å²) in [4.78, 5) is 17.8. The van der Waals surface area contributed by atoms with Crippen molar-refractivity contribution in [3.8, 4) is 0 Å². The number of carbonyl (C=O) groups excluding carboxylic acids is 1. The van der Waals surface area contributed by atoms with Gasteiger partial charge in [-0.2, -0.15) is 0 Å². The maximum Gasteiger partial charge on any atom is 0.166 e. The molecule has 0 atom stereocenters. The van der Waals surface area contributed by atoms with Gasteiger partial charge in [0.15, 0.2) is 5.78 Å². The number of carbonyl (C=O) groups is 1. The van der Waals surface area contributed by atoms with Gasteiger partial charge in [0.25, 0.3) is 0 Å². The molecule has 0 unspecified atom stereocenters. The lowest BCUT2D eigenvalue weighted by Gasteiger charge is -2.28. The highest BCUT2D eigenvalue weighted by Gasteiger charge is 2.29. The molecule has 0 aromatic carbocycles. The van der Waals surface area contributed by atoms with Crippen molar-refractivity contribution in [2.45, 2.75) is 70.8 Å². The lowest BCUT2D eigenvalue weighted by Crippen LogP contribution is -2.26. The summed E-state index contributed by atoms with van der Waals surface area (Å²) in [6, 6.07) is 6.04. The molecule has 3 heteroatoms. The summed E-state index contributed by atoms with van der Waals surface area (Å²) in [5.74, 6) is 1.11. The monoisotopic (exact) mass is 376 g/mol. The lowest BCUT2D eigenvalue weighted by atomic mass is 9.80. The van der Waals surface area contributed by atoms with Crippen molar-refractivity contribution in [1.82, 2.24) is 10.3 Å². The highest BCUT2D eigenvalue weighted by molar-refractivity contribution is 6.03. The topological polar surface area (TPSA) is 42.0 Å². The van der Waals surface area contributed by atoms with E-state index in [4.69, 9.17) is 0 Å². The fourth-order valence-electron chi connectivity index (χ4n) is 4.99. The first kappa shape index (κ1) is 19.2. The minimum atomic E-state index is 0.221. The third kappa shape index (κ3) is 4.45. The lowest BCUT2D eigenvalue weighted by molar-refractivity contribution is -0.119. The highest BCUT2D eigenvalue weighted by Crippen LogP contribution is 2.36.